The number of rotatable bonds is 7. The third-order valence-corrected chi connectivity index (χ3v) is 7.04. The Kier molecular flexibility index (Phi) is 7.47. The van der Waals surface area contributed by atoms with E-state index in [0.29, 0.717) is 12.3 Å². The Labute approximate surface area is 181 Å². The van der Waals surface area contributed by atoms with Crippen molar-refractivity contribution in [2.24, 2.45) is 0 Å². The zero-order chi connectivity index (χ0) is 22.0. The van der Waals surface area contributed by atoms with Crippen LogP contribution in [0.5, 0.6) is 5.88 Å². The Balaban J connectivity index is 1.90. The van der Waals surface area contributed by atoms with Crippen LogP contribution in [-0.4, -0.2) is 65.8 Å². The second-order valence-electron chi connectivity index (χ2n) is 8.07. The van der Waals surface area contributed by atoms with Gasteiger partial charge in [0.15, 0.2) is 5.44 Å². The van der Waals surface area contributed by atoms with Crippen molar-refractivity contribution in [3.63, 3.8) is 0 Å². The van der Waals surface area contributed by atoms with Gasteiger partial charge in [-0.15, -0.1) is 16.9 Å². The molecule has 0 unspecified atom stereocenters. The third-order valence-electron chi connectivity index (χ3n) is 5.61. The van der Waals surface area contributed by atoms with E-state index < -0.39 is 29.0 Å². The van der Waals surface area contributed by atoms with Crippen LogP contribution in [0.1, 0.15) is 49.2 Å². The van der Waals surface area contributed by atoms with Crippen LogP contribution < -0.4 is 4.74 Å². The molecule has 4 N–H and O–H groups in total. The number of thioether (sulfide) groups is 1. The summed E-state index contributed by atoms with van der Waals surface area (Å²) in [5.41, 5.74) is 3.45. The monoisotopic (exact) mass is 436 g/mol. The van der Waals surface area contributed by atoms with Crippen LogP contribution in [0, 0.1) is 6.92 Å². The van der Waals surface area contributed by atoms with E-state index in [9.17, 15) is 20.4 Å². The molecule has 0 saturated carbocycles. The van der Waals surface area contributed by atoms with Crippen molar-refractivity contribution >= 4 is 11.8 Å². The first kappa shape index (κ1) is 23.1. The fourth-order valence-electron chi connectivity index (χ4n) is 3.70. The van der Waals surface area contributed by atoms with Gasteiger partial charge in [-0.05, 0) is 38.3 Å². The number of hydrogen-bond donors (Lipinski definition) is 4. The predicted octanol–water partition coefficient (Wildman–Crippen LogP) is 1.82. The lowest BCUT2D eigenvalue weighted by Gasteiger charge is -2.38. The molecule has 0 amide bonds. The number of ether oxygens (including phenoxy) is 1. The van der Waals surface area contributed by atoms with Gasteiger partial charge in [0.2, 0.25) is 5.88 Å². The Morgan fingerprint density at radius 1 is 1.07 bits per heavy atom. The van der Waals surface area contributed by atoms with E-state index in [-0.39, 0.29) is 12.6 Å². The number of benzene rings is 1. The average Bonchev–Trinajstić information content (AvgIpc) is 3.04. The van der Waals surface area contributed by atoms with Crippen molar-refractivity contribution in [2.75, 3.05) is 6.61 Å². The van der Waals surface area contributed by atoms with Crippen LogP contribution in [0.25, 0.3) is 0 Å². The van der Waals surface area contributed by atoms with E-state index in [0.717, 1.165) is 35.0 Å². The Hall–Kier alpha value is -1.58. The summed E-state index contributed by atoms with van der Waals surface area (Å²) in [5, 5.41) is 44.1. The highest BCUT2D eigenvalue weighted by molar-refractivity contribution is 8.00. The lowest BCUT2D eigenvalue weighted by atomic mass is 10.0. The largest absolute Gasteiger partial charge is 0.459 e. The minimum absolute atomic E-state index is 0.130. The van der Waals surface area contributed by atoms with Gasteiger partial charge in [0.25, 0.3) is 0 Å². The number of aromatic nitrogens is 2. The van der Waals surface area contributed by atoms with Gasteiger partial charge in [-0.1, -0.05) is 31.2 Å². The smallest absolute Gasteiger partial charge is 0.237 e. The molecule has 1 aliphatic rings. The predicted molar refractivity (Wildman–Crippen MR) is 117 cm³/mol. The van der Waals surface area contributed by atoms with Gasteiger partial charge in [-0.25, -0.2) is 0 Å². The van der Waals surface area contributed by atoms with Crippen molar-refractivity contribution in [1.82, 2.24) is 9.78 Å². The van der Waals surface area contributed by atoms with E-state index in [1.807, 2.05) is 25.5 Å². The third kappa shape index (κ3) is 4.68. The molecular weight excluding hydrogens is 404 g/mol. The van der Waals surface area contributed by atoms with Crippen molar-refractivity contribution in [3.05, 3.63) is 46.6 Å². The number of aliphatic hydroxyl groups is 4. The van der Waals surface area contributed by atoms with Crippen molar-refractivity contribution < 1.29 is 25.2 Å². The topological polar surface area (TPSA) is 108 Å². The SMILES string of the molecule is CCc1ccc(Cc2c(O[C@@H]3S[C@H](CO)[C@@H](O)[C@H](O)[C@H]3O)nn(C(C)C)c2C)cc1. The zero-order valence-corrected chi connectivity index (χ0v) is 18.7. The average molecular weight is 437 g/mol. The molecule has 0 bridgehead atoms. The summed E-state index contributed by atoms with van der Waals surface area (Å²) in [4.78, 5) is 0. The first-order chi connectivity index (χ1) is 14.3. The van der Waals surface area contributed by atoms with Gasteiger partial charge < -0.3 is 25.2 Å². The molecule has 8 heteroatoms. The van der Waals surface area contributed by atoms with Gasteiger partial charge in [0.1, 0.15) is 12.2 Å². The molecule has 3 rings (SSSR count). The Bertz CT molecular complexity index is 837. The number of nitrogens with zero attached hydrogens (tertiary/aromatic N) is 2. The number of aliphatic hydroxyl groups excluding tert-OH is 4. The number of hydrogen-bond acceptors (Lipinski definition) is 7. The summed E-state index contributed by atoms with van der Waals surface area (Å²) in [6.45, 7) is 7.86. The summed E-state index contributed by atoms with van der Waals surface area (Å²) in [6, 6.07) is 8.55. The molecule has 30 heavy (non-hydrogen) atoms. The van der Waals surface area contributed by atoms with E-state index in [1.54, 1.807) is 0 Å². The maximum Gasteiger partial charge on any atom is 0.237 e. The fourth-order valence-corrected chi connectivity index (χ4v) is 4.92. The summed E-state index contributed by atoms with van der Waals surface area (Å²) in [5.74, 6) is 0.401. The second kappa shape index (κ2) is 9.70. The van der Waals surface area contributed by atoms with Crippen LogP contribution >= 0.6 is 11.8 Å². The maximum absolute atomic E-state index is 10.4. The summed E-state index contributed by atoms with van der Waals surface area (Å²) in [7, 11) is 0. The first-order valence-electron chi connectivity index (χ1n) is 10.4. The lowest BCUT2D eigenvalue weighted by molar-refractivity contribution is -0.0915. The molecule has 166 valence electrons. The molecule has 0 radical (unpaired) electrons. The minimum Gasteiger partial charge on any atom is -0.459 e. The van der Waals surface area contributed by atoms with Crippen molar-refractivity contribution in [1.29, 1.82) is 0 Å². The number of aryl methyl sites for hydroxylation is 1. The van der Waals surface area contributed by atoms with Gasteiger partial charge >= 0.3 is 0 Å². The van der Waals surface area contributed by atoms with Crippen LogP contribution in [-0.2, 0) is 12.8 Å². The van der Waals surface area contributed by atoms with Crippen LogP contribution in [0.15, 0.2) is 24.3 Å². The van der Waals surface area contributed by atoms with E-state index in [4.69, 9.17) is 4.74 Å². The molecule has 2 aromatic rings. The van der Waals surface area contributed by atoms with E-state index in [2.05, 4.69) is 36.3 Å². The standard InChI is InChI=1S/C22H32N2O5S/c1-5-14-6-8-15(9-7-14)10-16-13(4)24(12(2)3)23-21(16)29-22-20(28)19(27)18(26)17(11-25)30-22/h6-9,12,17-20,22,25-28H,5,10-11H2,1-4H3/t17-,18-,19+,20-,22-/m1/s1. The van der Waals surface area contributed by atoms with Gasteiger partial charge in [0.05, 0.1) is 18.0 Å². The molecular formula is C22H32N2O5S. The molecule has 7 nitrogen and oxygen atoms in total. The van der Waals surface area contributed by atoms with Gasteiger partial charge in [-0.3, -0.25) is 4.68 Å². The zero-order valence-electron chi connectivity index (χ0n) is 17.9. The molecule has 1 saturated heterocycles. The van der Waals surface area contributed by atoms with Gasteiger partial charge in [-0.2, -0.15) is 0 Å². The summed E-state index contributed by atoms with van der Waals surface area (Å²) in [6.07, 6.45) is -2.31. The summed E-state index contributed by atoms with van der Waals surface area (Å²) >= 11 is 1.11. The molecule has 1 aliphatic heterocycles. The molecule has 0 spiro atoms. The van der Waals surface area contributed by atoms with Crippen LogP contribution in [0.4, 0.5) is 0 Å². The maximum atomic E-state index is 10.4. The minimum atomic E-state index is -1.40. The second-order valence-corrected chi connectivity index (χ2v) is 9.41. The molecule has 2 heterocycles. The van der Waals surface area contributed by atoms with Crippen molar-refractivity contribution in [2.45, 2.75) is 75.6 Å². The molecule has 5 atom stereocenters. The quantitative estimate of drug-likeness (QED) is 0.524. The fraction of sp³-hybridized carbons (Fsp3) is 0.591. The van der Waals surface area contributed by atoms with Crippen molar-refractivity contribution in [3.8, 4) is 5.88 Å². The molecule has 0 aliphatic carbocycles. The first-order valence-corrected chi connectivity index (χ1v) is 11.3. The Morgan fingerprint density at radius 3 is 2.27 bits per heavy atom. The highest BCUT2D eigenvalue weighted by Crippen LogP contribution is 2.36. The molecule has 1 aromatic heterocycles. The lowest BCUT2D eigenvalue weighted by Crippen LogP contribution is -2.55. The van der Waals surface area contributed by atoms with E-state index >= 15 is 0 Å². The summed E-state index contributed by atoms with van der Waals surface area (Å²) < 4.78 is 7.97. The Morgan fingerprint density at radius 2 is 1.70 bits per heavy atom. The van der Waals surface area contributed by atoms with E-state index in [1.165, 1.54) is 5.56 Å². The van der Waals surface area contributed by atoms with Crippen LogP contribution in [0.3, 0.4) is 0 Å². The van der Waals surface area contributed by atoms with Gasteiger partial charge in [0, 0.05) is 23.7 Å². The van der Waals surface area contributed by atoms with Crippen LogP contribution in [0.2, 0.25) is 0 Å². The molecule has 1 aromatic carbocycles. The molecule has 1 fully saturated rings. The highest BCUT2D eigenvalue weighted by atomic mass is 32.2. The normalized spacial score (nSPS) is 26.9. The highest BCUT2D eigenvalue weighted by Gasteiger charge is 2.44.